The van der Waals surface area contributed by atoms with Crippen LogP contribution in [0.4, 0.5) is 0 Å². The van der Waals surface area contributed by atoms with Crippen LogP contribution in [0, 0.1) is 5.92 Å². The lowest BCUT2D eigenvalue weighted by Gasteiger charge is -2.34. The van der Waals surface area contributed by atoms with Crippen LogP contribution in [-0.4, -0.2) is 54.2 Å². The van der Waals surface area contributed by atoms with E-state index < -0.39 is 16.1 Å². The second-order valence-electron chi connectivity index (χ2n) is 6.57. The molecule has 0 aromatic carbocycles. The van der Waals surface area contributed by atoms with Crippen LogP contribution in [0.3, 0.4) is 0 Å². The summed E-state index contributed by atoms with van der Waals surface area (Å²) >= 11 is 0. The van der Waals surface area contributed by atoms with Gasteiger partial charge >= 0.3 is 0 Å². The number of amides is 1. The number of ether oxygens (including phenoxy) is 1. The van der Waals surface area contributed by atoms with Gasteiger partial charge in [-0.2, -0.15) is 0 Å². The van der Waals surface area contributed by atoms with Crippen LogP contribution in [0.15, 0.2) is 24.8 Å². The molecule has 1 aliphatic rings. The highest BCUT2D eigenvalue weighted by Crippen LogP contribution is 2.27. The van der Waals surface area contributed by atoms with Gasteiger partial charge in [-0.25, -0.2) is 18.1 Å². The van der Waals surface area contributed by atoms with Crippen LogP contribution in [0.25, 0.3) is 5.65 Å². The summed E-state index contributed by atoms with van der Waals surface area (Å²) in [5.74, 6) is -0.366. The van der Waals surface area contributed by atoms with E-state index in [1.807, 2.05) is 10.6 Å². The van der Waals surface area contributed by atoms with Crippen LogP contribution in [-0.2, 0) is 26.1 Å². The molecule has 3 rings (SSSR count). The minimum atomic E-state index is -3.37. The van der Waals surface area contributed by atoms with Crippen LogP contribution in [0.2, 0.25) is 0 Å². The van der Waals surface area contributed by atoms with E-state index in [1.165, 1.54) is 0 Å². The Morgan fingerprint density at radius 2 is 2.23 bits per heavy atom. The lowest BCUT2D eigenvalue weighted by molar-refractivity contribution is -0.127. The van der Waals surface area contributed by atoms with E-state index in [0.717, 1.165) is 17.6 Å². The van der Waals surface area contributed by atoms with Gasteiger partial charge in [0, 0.05) is 37.7 Å². The van der Waals surface area contributed by atoms with Gasteiger partial charge in [0.25, 0.3) is 0 Å². The van der Waals surface area contributed by atoms with Crippen molar-refractivity contribution in [1.29, 1.82) is 0 Å². The fourth-order valence-electron chi connectivity index (χ4n) is 3.36. The van der Waals surface area contributed by atoms with Crippen molar-refractivity contribution in [2.24, 2.45) is 5.92 Å². The molecule has 10 heteroatoms. The molecule has 2 N–H and O–H groups in total. The fraction of sp³-hybridized carbons (Fsp3) is 0.562. The molecule has 9 nitrogen and oxygen atoms in total. The number of fused-ring (bicyclic) bond motifs is 1. The zero-order valence-electron chi connectivity index (χ0n) is 14.8. The highest BCUT2D eigenvalue weighted by Gasteiger charge is 2.35. The Balaban J connectivity index is 1.60. The molecule has 0 radical (unpaired) electrons. The standard InChI is InChI=1S/C16H23N5O4S/c1-25-14-4-3-11(7-13(14)20-26(2,23)24)16(22)18-8-12-10-21-6-5-17-9-15(21)19-12/h5-6,9-11,13-14,20H,3-4,7-8H2,1-2H3,(H,18,22)/t11-,13+,14+/m0/s1. The van der Waals surface area contributed by atoms with Gasteiger partial charge in [0.2, 0.25) is 15.9 Å². The first-order valence-electron chi connectivity index (χ1n) is 8.41. The van der Waals surface area contributed by atoms with Gasteiger partial charge in [-0.3, -0.25) is 9.78 Å². The van der Waals surface area contributed by atoms with Gasteiger partial charge in [-0.15, -0.1) is 0 Å². The minimum absolute atomic E-state index is 0.102. The minimum Gasteiger partial charge on any atom is -0.380 e. The third-order valence-corrected chi connectivity index (χ3v) is 5.31. The summed E-state index contributed by atoms with van der Waals surface area (Å²) in [7, 11) is -1.81. The van der Waals surface area contributed by atoms with Crippen LogP contribution in [0.1, 0.15) is 25.0 Å². The van der Waals surface area contributed by atoms with Gasteiger partial charge in [0.1, 0.15) is 0 Å². The zero-order valence-corrected chi connectivity index (χ0v) is 15.6. The third kappa shape index (κ3) is 4.57. The predicted octanol–water partition coefficient (Wildman–Crippen LogP) is 0.0784. The Labute approximate surface area is 152 Å². The van der Waals surface area contributed by atoms with Crippen molar-refractivity contribution in [3.8, 4) is 0 Å². The monoisotopic (exact) mass is 381 g/mol. The van der Waals surface area contributed by atoms with Crippen LogP contribution >= 0.6 is 0 Å². The molecule has 3 atom stereocenters. The van der Waals surface area contributed by atoms with E-state index in [-0.39, 0.29) is 17.9 Å². The second-order valence-corrected chi connectivity index (χ2v) is 8.35. The number of aromatic nitrogens is 3. The normalized spacial score (nSPS) is 23.8. The number of nitrogens with one attached hydrogen (secondary N) is 2. The molecule has 1 amide bonds. The molecule has 2 aromatic rings. The number of methoxy groups -OCH3 is 1. The Morgan fingerprint density at radius 3 is 2.92 bits per heavy atom. The largest absolute Gasteiger partial charge is 0.380 e. The van der Waals surface area contributed by atoms with E-state index >= 15 is 0 Å². The molecule has 1 saturated carbocycles. The molecule has 26 heavy (non-hydrogen) atoms. The number of nitrogens with zero attached hydrogens (tertiary/aromatic N) is 3. The molecule has 0 bridgehead atoms. The molecule has 2 heterocycles. The Kier molecular flexibility index (Phi) is 5.54. The van der Waals surface area contributed by atoms with Gasteiger partial charge in [-0.1, -0.05) is 0 Å². The quantitative estimate of drug-likeness (QED) is 0.732. The van der Waals surface area contributed by atoms with E-state index in [0.29, 0.717) is 25.8 Å². The number of hydrogen-bond acceptors (Lipinski definition) is 6. The summed E-state index contributed by atoms with van der Waals surface area (Å²) in [6.07, 6.45) is 9.53. The first kappa shape index (κ1) is 18.7. The fourth-order valence-corrected chi connectivity index (χ4v) is 4.16. The lowest BCUT2D eigenvalue weighted by Crippen LogP contribution is -2.49. The predicted molar refractivity (Wildman–Crippen MR) is 94.7 cm³/mol. The van der Waals surface area contributed by atoms with Crippen molar-refractivity contribution in [3.63, 3.8) is 0 Å². The summed E-state index contributed by atoms with van der Waals surface area (Å²) in [5.41, 5.74) is 1.46. The maximum atomic E-state index is 12.5. The van der Waals surface area contributed by atoms with Gasteiger partial charge in [0.05, 0.1) is 30.8 Å². The summed E-state index contributed by atoms with van der Waals surface area (Å²) in [6.45, 7) is 0.314. The first-order chi connectivity index (χ1) is 12.4. The molecule has 0 aliphatic heterocycles. The first-order valence-corrected chi connectivity index (χ1v) is 10.3. The van der Waals surface area contributed by atoms with Gasteiger partial charge in [0.15, 0.2) is 5.65 Å². The number of carbonyl (C=O) groups is 1. The molecule has 2 aromatic heterocycles. The van der Waals surface area contributed by atoms with E-state index in [2.05, 4.69) is 20.0 Å². The maximum absolute atomic E-state index is 12.5. The average molecular weight is 381 g/mol. The van der Waals surface area contributed by atoms with Gasteiger partial charge < -0.3 is 14.5 Å². The number of hydrogen-bond donors (Lipinski definition) is 2. The van der Waals surface area contributed by atoms with Crippen molar-refractivity contribution in [1.82, 2.24) is 24.4 Å². The van der Waals surface area contributed by atoms with E-state index in [9.17, 15) is 13.2 Å². The molecule has 0 unspecified atom stereocenters. The summed E-state index contributed by atoms with van der Waals surface area (Å²) in [5, 5.41) is 2.89. The van der Waals surface area contributed by atoms with E-state index in [4.69, 9.17) is 4.74 Å². The molecule has 0 saturated heterocycles. The van der Waals surface area contributed by atoms with Crippen molar-refractivity contribution < 1.29 is 17.9 Å². The molecular weight excluding hydrogens is 358 g/mol. The molecule has 0 spiro atoms. The third-order valence-electron chi connectivity index (χ3n) is 4.58. The number of imidazole rings is 1. The molecule has 142 valence electrons. The SMILES string of the molecule is CO[C@@H]1CC[C@H](C(=O)NCc2cn3ccncc3n2)C[C@H]1NS(C)(=O)=O. The molecule has 1 aliphatic carbocycles. The zero-order chi connectivity index (χ0) is 18.7. The van der Waals surface area contributed by atoms with Crippen molar-refractivity contribution in [2.75, 3.05) is 13.4 Å². The van der Waals surface area contributed by atoms with Crippen molar-refractivity contribution in [2.45, 2.75) is 38.0 Å². The highest BCUT2D eigenvalue weighted by atomic mass is 32.2. The summed E-state index contributed by atoms with van der Waals surface area (Å²) < 4.78 is 32.9. The Hall–Kier alpha value is -2.04. The molecular formula is C16H23N5O4S. The van der Waals surface area contributed by atoms with Crippen LogP contribution < -0.4 is 10.0 Å². The summed E-state index contributed by atoms with van der Waals surface area (Å²) in [6, 6.07) is -0.402. The van der Waals surface area contributed by atoms with Crippen LogP contribution in [0.5, 0.6) is 0 Å². The van der Waals surface area contributed by atoms with Gasteiger partial charge in [-0.05, 0) is 19.3 Å². The lowest BCUT2D eigenvalue weighted by atomic mass is 9.83. The number of carbonyl (C=O) groups excluding carboxylic acids is 1. The number of rotatable bonds is 6. The highest BCUT2D eigenvalue weighted by molar-refractivity contribution is 7.88. The Bertz CT molecular complexity index is 849. The topological polar surface area (TPSA) is 115 Å². The van der Waals surface area contributed by atoms with Crippen molar-refractivity contribution >= 4 is 21.6 Å². The average Bonchev–Trinajstić information content (AvgIpc) is 3.01. The smallest absolute Gasteiger partial charge is 0.223 e. The van der Waals surface area contributed by atoms with E-state index in [1.54, 1.807) is 25.7 Å². The summed E-state index contributed by atoms with van der Waals surface area (Å²) in [4.78, 5) is 20.9. The maximum Gasteiger partial charge on any atom is 0.223 e. The molecule has 1 fully saturated rings. The second kappa shape index (κ2) is 7.68. The Morgan fingerprint density at radius 1 is 1.42 bits per heavy atom. The van der Waals surface area contributed by atoms with Crippen molar-refractivity contribution in [3.05, 3.63) is 30.5 Å². The number of sulfonamides is 1.